The number of aliphatic hydroxyl groups is 3. The van der Waals surface area contributed by atoms with E-state index in [0.29, 0.717) is 67.0 Å². The normalized spacial score (nSPS) is 46.9. The van der Waals surface area contributed by atoms with Crippen molar-refractivity contribution in [3.63, 3.8) is 0 Å². The van der Waals surface area contributed by atoms with Gasteiger partial charge in [0.2, 0.25) is 5.91 Å². The molecule has 274 valence electrons. The Morgan fingerprint density at radius 1 is 1.02 bits per heavy atom. The average Bonchev–Trinajstić information content (AvgIpc) is 3.95. The van der Waals surface area contributed by atoms with Gasteiger partial charge in [-0.15, -0.1) is 0 Å². The number of hydrogen-bond donors (Lipinski definition) is 3. The van der Waals surface area contributed by atoms with E-state index < -0.39 is 17.8 Å². The van der Waals surface area contributed by atoms with Crippen LogP contribution in [0.25, 0.3) is 0 Å². The van der Waals surface area contributed by atoms with Crippen molar-refractivity contribution in [3.8, 4) is 0 Å². The highest BCUT2D eigenvalue weighted by Crippen LogP contribution is 2.89. The molecular formula is C40H67NO7. The van der Waals surface area contributed by atoms with Crippen molar-refractivity contribution >= 4 is 5.91 Å². The molecule has 1 heterocycles. The van der Waals surface area contributed by atoms with Gasteiger partial charge in [0.1, 0.15) is 6.10 Å². The standard InChI is InChI=1S/C40H67NO7/c1-24(19-27(46-8)34(44)36(4,5)45)26-21-30(42)38(7)29-12-11-28-35(2,3)31(13-14-39(28)23-40(29,39)16-15-37(26,38)6)48-33-22-41(17-18-47-33)32(43)20-25-9-10-25/h24-31,33-34,42,44-45H,9-23H2,1-8H3/t24-,26-,27?,28+,29?,30+,31?,33+,34?,37?,38-,39?,40?/m1/s1. The van der Waals surface area contributed by atoms with Crippen LogP contribution < -0.4 is 0 Å². The van der Waals surface area contributed by atoms with Gasteiger partial charge in [-0.2, -0.15) is 0 Å². The van der Waals surface area contributed by atoms with Gasteiger partial charge in [-0.3, -0.25) is 4.79 Å². The molecule has 0 aromatic heterocycles. The molecule has 7 unspecified atom stereocenters. The molecular weight excluding hydrogens is 606 g/mol. The number of methoxy groups -OCH3 is 1. The molecule has 1 saturated heterocycles. The number of hydrogen-bond acceptors (Lipinski definition) is 7. The maximum absolute atomic E-state index is 12.9. The molecule has 7 fully saturated rings. The molecule has 1 amide bonds. The van der Waals surface area contributed by atoms with Gasteiger partial charge in [-0.1, -0.05) is 34.6 Å². The number of ether oxygens (including phenoxy) is 3. The molecule has 3 N–H and O–H groups in total. The molecule has 0 radical (unpaired) electrons. The fraction of sp³-hybridized carbons (Fsp3) is 0.975. The van der Waals surface area contributed by atoms with Gasteiger partial charge in [0.05, 0.1) is 37.1 Å². The highest BCUT2D eigenvalue weighted by molar-refractivity contribution is 5.76. The topological polar surface area (TPSA) is 109 Å². The summed E-state index contributed by atoms with van der Waals surface area (Å²) in [4.78, 5) is 14.9. The Bertz CT molecular complexity index is 1230. The first-order valence-corrected chi connectivity index (χ1v) is 19.6. The molecule has 0 aromatic rings. The average molecular weight is 674 g/mol. The lowest BCUT2D eigenvalue weighted by Gasteiger charge is -2.64. The van der Waals surface area contributed by atoms with Crippen LogP contribution in [-0.2, 0) is 19.0 Å². The van der Waals surface area contributed by atoms with Crippen molar-refractivity contribution in [2.45, 2.75) is 162 Å². The Morgan fingerprint density at radius 2 is 1.71 bits per heavy atom. The minimum atomic E-state index is -1.24. The second-order valence-electron chi connectivity index (χ2n) is 19.6. The number of rotatable bonds is 10. The second-order valence-corrected chi connectivity index (χ2v) is 19.6. The van der Waals surface area contributed by atoms with Crippen molar-refractivity contribution in [1.29, 1.82) is 0 Å². The van der Waals surface area contributed by atoms with Crippen LogP contribution in [0.4, 0.5) is 0 Å². The minimum absolute atomic E-state index is 0.00725. The monoisotopic (exact) mass is 673 g/mol. The first-order chi connectivity index (χ1) is 22.4. The highest BCUT2D eigenvalue weighted by Gasteiger charge is 2.83. The third-order valence-electron chi connectivity index (χ3n) is 16.7. The third-order valence-corrected chi connectivity index (χ3v) is 16.7. The first kappa shape index (κ1) is 35.6. The van der Waals surface area contributed by atoms with Crippen molar-refractivity contribution < 1.29 is 34.3 Å². The van der Waals surface area contributed by atoms with Crippen LogP contribution in [0, 0.1) is 56.7 Å². The molecule has 48 heavy (non-hydrogen) atoms. The Kier molecular flexibility index (Phi) is 8.82. The summed E-state index contributed by atoms with van der Waals surface area (Å²) in [5, 5.41) is 33.6. The largest absolute Gasteiger partial charge is 0.393 e. The molecule has 7 rings (SSSR count). The van der Waals surface area contributed by atoms with Crippen LogP contribution in [0.5, 0.6) is 0 Å². The van der Waals surface area contributed by atoms with Gasteiger partial charge in [0.15, 0.2) is 6.29 Å². The summed E-state index contributed by atoms with van der Waals surface area (Å²) in [5.41, 5.74) is -0.747. The summed E-state index contributed by atoms with van der Waals surface area (Å²) in [6, 6.07) is 0. The van der Waals surface area contributed by atoms with Crippen LogP contribution in [0.15, 0.2) is 0 Å². The summed E-state index contributed by atoms with van der Waals surface area (Å²) < 4.78 is 18.7. The van der Waals surface area contributed by atoms with Gasteiger partial charge < -0.3 is 34.4 Å². The zero-order valence-electron chi connectivity index (χ0n) is 31.3. The summed E-state index contributed by atoms with van der Waals surface area (Å²) in [6.45, 7) is 17.2. The smallest absolute Gasteiger partial charge is 0.223 e. The van der Waals surface area contributed by atoms with E-state index in [-0.39, 0.29) is 46.6 Å². The quantitative estimate of drug-likeness (QED) is 0.264. The molecule has 8 nitrogen and oxygen atoms in total. The second kappa shape index (κ2) is 11.9. The number of amides is 1. The predicted molar refractivity (Wildman–Crippen MR) is 184 cm³/mol. The number of fused-ring (bicyclic) bond motifs is 2. The Morgan fingerprint density at radius 3 is 2.38 bits per heavy atom. The zero-order valence-corrected chi connectivity index (χ0v) is 31.3. The summed E-state index contributed by atoms with van der Waals surface area (Å²) in [5.74, 6) is 2.54. The summed E-state index contributed by atoms with van der Waals surface area (Å²) >= 11 is 0. The van der Waals surface area contributed by atoms with Crippen LogP contribution in [-0.4, -0.2) is 89.2 Å². The van der Waals surface area contributed by atoms with E-state index in [9.17, 15) is 20.1 Å². The summed E-state index contributed by atoms with van der Waals surface area (Å²) in [6.07, 6.45) is 10.8. The van der Waals surface area contributed by atoms with Crippen LogP contribution in [0.2, 0.25) is 0 Å². The fourth-order valence-electron chi connectivity index (χ4n) is 13.7. The van der Waals surface area contributed by atoms with Gasteiger partial charge in [-0.25, -0.2) is 0 Å². The molecule has 7 aliphatic rings. The molecule has 0 aromatic carbocycles. The van der Waals surface area contributed by atoms with E-state index in [1.54, 1.807) is 21.0 Å². The van der Waals surface area contributed by atoms with Gasteiger partial charge in [0.25, 0.3) is 0 Å². The molecule has 8 heteroatoms. The van der Waals surface area contributed by atoms with Gasteiger partial charge in [0, 0.05) is 25.5 Å². The first-order valence-electron chi connectivity index (χ1n) is 19.6. The lowest BCUT2D eigenvalue weighted by molar-refractivity contribution is -0.248. The number of carbonyl (C=O) groups excluding carboxylic acids is 1. The maximum Gasteiger partial charge on any atom is 0.223 e. The summed E-state index contributed by atoms with van der Waals surface area (Å²) in [7, 11) is 1.63. The fourth-order valence-corrected chi connectivity index (χ4v) is 13.7. The minimum Gasteiger partial charge on any atom is -0.393 e. The maximum atomic E-state index is 12.9. The Balaban J connectivity index is 1.05. The van der Waals surface area contributed by atoms with E-state index in [1.807, 2.05) is 4.90 Å². The molecule has 6 aliphatic carbocycles. The lowest BCUT2D eigenvalue weighted by Crippen LogP contribution is -2.60. The Hall–Kier alpha value is -0.770. The Labute approximate surface area is 290 Å². The van der Waals surface area contributed by atoms with E-state index in [0.717, 1.165) is 25.7 Å². The number of aliphatic hydroxyl groups excluding tert-OH is 2. The van der Waals surface area contributed by atoms with Crippen LogP contribution >= 0.6 is 0 Å². The van der Waals surface area contributed by atoms with E-state index in [1.165, 1.54) is 38.5 Å². The molecule has 0 bridgehead atoms. The van der Waals surface area contributed by atoms with Crippen molar-refractivity contribution in [1.82, 2.24) is 4.90 Å². The SMILES string of the molecule is COC(C[C@@H](C)[C@H]1C[C@H](O)[C@@]2(C)C3CC[C@H]4C(C)(C)C(O[C@H]5CN(C(=O)CC6CC6)CCO5)CCC45CC35CCC12C)C(O)C(C)(C)O. The molecule has 13 atom stereocenters. The van der Waals surface area contributed by atoms with E-state index >= 15 is 0 Å². The van der Waals surface area contributed by atoms with Gasteiger partial charge >= 0.3 is 0 Å². The number of nitrogens with zero attached hydrogens (tertiary/aromatic N) is 1. The number of morpholine rings is 1. The van der Waals surface area contributed by atoms with Crippen molar-refractivity contribution in [2.75, 3.05) is 26.8 Å². The van der Waals surface area contributed by atoms with Gasteiger partial charge in [-0.05, 0) is 136 Å². The number of carbonyl (C=O) groups is 1. The van der Waals surface area contributed by atoms with Crippen LogP contribution in [0.1, 0.15) is 126 Å². The predicted octanol–water partition coefficient (Wildman–Crippen LogP) is 5.94. The van der Waals surface area contributed by atoms with Crippen molar-refractivity contribution in [2.24, 2.45) is 56.7 Å². The van der Waals surface area contributed by atoms with E-state index in [2.05, 4.69) is 34.6 Å². The molecule has 1 aliphatic heterocycles. The van der Waals surface area contributed by atoms with Crippen LogP contribution in [0.3, 0.4) is 0 Å². The lowest BCUT2D eigenvalue weighted by atomic mass is 9.41. The molecule has 2 spiro atoms. The molecule has 6 saturated carbocycles. The third kappa shape index (κ3) is 5.22. The highest BCUT2D eigenvalue weighted by atomic mass is 16.7. The van der Waals surface area contributed by atoms with E-state index in [4.69, 9.17) is 14.2 Å². The zero-order chi connectivity index (χ0) is 34.7. The van der Waals surface area contributed by atoms with Crippen molar-refractivity contribution in [3.05, 3.63) is 0 Å².